The highest BCUT2D eigenvalue weighted by Crippen LogP contribution is 2.36. The molecule has 1 aliphatic carbocycles. The fourth-order valence-electron chi connectivity index (χ4n) is 1.88. The summed E-state index contributed by atoms with van der Waals surface area (Å²) in [5, 5.41) is 13.0. The Labute approximate surface area is 94.1 Å². The van der Waals surface area contributed by atoms with Gasteiger partial charge in [-0.2, -0.15) is 0 Å². The second kappa shape index (κ2) is 4.60. The molecule has 0 bridgehead atoms. The molecule has 4 heteroatoms. The minimum Gasteiger partial charge on any atom is -0.390 e. The molecule has 1 saturated carbocycles. The van der Waals surface area contributed by atoms with Crippen LogP contribution in [0.3, 0.4) is 0 Å². The predicted octanol–water partition coefficient (Wildman–Crippen LogP) is 1.78. The third-order valence-corrected chi connectivity index (χ3v) is 3.78. The lowest BCUT2D eigenvalue weighted by Crippen LogP contribution is -2.31. The van der Waals surface area contributed by atoms with Crippen LogP contribution in [0.2, 0.25) is 0 Å². The maximum Gasteiger partial charge on any atom is 0.0954 e. The van der Waals surface area contributed by atoms with Gasteiger partial charge in [0.15, 0.2) is 0 Å². The van der Waals surface area contributed by atoms with Crippen LogP contribution >= 0.6 is 11.3 Å². The Bertz CT molecular complexity index is 322. The lowest BCUT2D eigenvalue weighted by atomic mass is 10.1. The quantitative estimate of drug-likeness (QED) is 0.833. The molecule has 1 aromatic rings. The van der Waals surface area contributed by atoms with Gasteiger partial charge >= 0.3 is 0 Å². The zero-order valence-electron chi connectivity index (χ0n) is 9.14. The molecule has 84 valence electrons. The summed E-state index contributed by atoms with van der Waals surface area (Å²) in [5.74, 6) is 0.561. The molecule has 1 aromatic heterocycles. The van der Waals surface area contributed by atoms with E-state index in [0.29, 0.717) is 12.3 Å². The number of aliphatic hydroxyl groups is 1. The summed E-state index contributed by atoms with van der Waals surface area (Å²) in [7, 11) is 1.68. The first-order valence-corrected chi connectivity index (χ1v) is 6.20. The topological polar surface area (TPSA) is 42.4 Å². The number of nitrogens with zero attached hydrogens (tertiary/aromatic N) is 1. The first kappa shape index (κ1) is 11.0. The molecule has 0 aliphatic heterocycles. The number of aliphatic hydroxyl groups excluding tert-OH is 1. The molecule has 0 saturated heterocycles. The van der Waals surface area contributed by atoms with Crippen molar-refractivity contribution in [1.29, 1.82) is 0 Å². The van der Waals surface area contributed by atoms with Gasteiger partial charge in [-0.15, -0.1) is 11.3 Å². The van der Waals surface area contributed by atoms with E-state index < -0.39 is 6.10 Å². The minimum atomic E-state index is -0.409. The number of thiazole rings is 1. The molecule has 3 nitrogen and oxygen atoms in total. The van der Waals surface area contributed by atoms with Crippen LogP contribution in [0.4, 0.5) is 0 Å². The third kappa shape index (κ3) is 2.77. The van der Waals surface area contributed by atoms with Crippen LogP contribution in [-0.4, -0.2) is 29.4 Å². The van der Waals surface area contributed by atoms with Gasteiger partial charge in [0.25, 0.3) is 0 Å². The summed E-state index contributed by atoms with van der Waals surface area (Å²) < 4.78 is 5.34. The fourth-order valence-corrected chi connectivity index (χ4v) is 2.70. The second-order valence-corrected chi connectivity index (χ2v) is 5.13. The van der Waals surface area contributed by atoms with Crippen LogP contribution in [0.1, 0.15) is 23.5 Å². The summed E-state index contributed by atoms with van der Waals surface area (Å²) in [5.41, 5.74) is 1.03. The highest BCUT2D eigenvalue weighted by atomic mass is 32.1. The van der Waals surface area contributed by atoms with E-state index in [2.05, 4.69) is 4.98 Å². The first-order valence-electron chi connectivity index (χ1n) is 5.32. The molecule has 2 unspecified atom stereocenters. The van der Waals surface area contributed by atoms with Gasteiger partial charge in [-0.25, -0.2) is 4.98 Å². The minimum absolute atomic E-state index is 0.00536. The van der Waals surface area contributed by atoms with Crippen molar-refractivity contribution in [2.75, 3.05) is 7.11 Å². The number of hydrogen-bond acceptors (Lipinski definition) is 4. The van der Waals surface area contributed by atoms with Crippen molar-refractivity contribution in [3.05, 3.63) is 16.1 Å². The Morgan fingerprint density at radius 1 is 1.67 bits per heavy atom. The normalized spacial score (nSPS) is 20.2. The third-order valence-electron chi connectivity index (χ3n) is 2.79. The molecule has 0 spiro atoms. The lowest BCUT2D eigenvalue weighted by molar-refractivity contribution is -0.0238. The first-order chi connectivity index (χ1) is 7.20. The average Bonchev–Trinajstić information content (AvgIpc) is 2.93. The lowest BCUT2D eigenvalue weighted by Gasteiger charge is -2.20. The zero-order valence-corrected chi connectivity index (χ0v) is 9.96. The number of rotatable bonds is 5. The summed E-state index contributed by atoms with van der Waals surface area (Å²) in [6, 6.07) is 0. The molecular formula is C11H17NO2S. The molecule has 0 radical (unpaired) electrons. The van der Waals surface area contributed by atoms with Crippen molar-refractivity contribution >= 4 is 11.3 Å². The van der Waals surface area contributed by atoms with Crippen molar-refractivity contribution < 1.29 is 9.84 Å². The Morgan fingerprint density at radius 3 is 2.87 bits per heavy atom. The van der Waals surface area contributed by atoms with Crippen molar-refractivity contribution in [2.45, 2.75) is 38.4 Å². The smallest absolute Gasteiger partial charge is 0.0954 e. The van der Waals surface area contributed by atoms with E-state index in [1.54, 1.807) is 18.4 Å². The number of aromatic nitrogens is 1. The van der Waals surface area contributed by atoms with E-state index in [4.69, 9.17) is 4.74 Å². The molecule has 2 atom stereocenters. The van der Waals surface area contributed by atoms with E-state index in [1.165, 1.54) is 12.8 Å². The number of hydrogen-bond donors (Lipinski definition) is 1. The Morgan fingerprint density at radius 2 is 2.40 bits per heavy atom. The number of aryl methyl sites for hydroxylation is 1. The highest BCUT2D eigenvalue weighted by Gasteiger charge is 2.36. The van der Waals surface area contributed by atoms with E-state index in [1.807, 2.05) is 12.3 Å². The number of methoxy groups -OCH3 is 1. The molecule has 0 amide bonds. The van der Waals surface area contributed by atoms with Crippen LogP contribution in [0.25, 0.3) is 0 Å². The fraction of sp³-hybridized carbons (Fsp3) is 0.727. The monoisotopic (exact) mass is 227 g/mol. The average molecular weight is 227 g/mol. The van der Waals surface area contributed by atoms with Gasteiger partial charge in [-0.1, -0.05) is 0 Å². The van der Waals surface area contributed by atoms with Crippen molar-refractivity contribution in [1.82, 2.24) is 4.98 Å². The molecular weight excluding hydrogens is 210 g/mol. The largest absolute Gasteiger partial charge is 0.390 e. The molecule has 2 rings (SSSR count). The Hall–Kier alpha value is -0.450. The van der Waals surface area contributed by atoms with Gasteiger partial charge in [0.2, 0.25) is 0 Å². The van der Waals surface area contributed by atoms with Crippen LogP contribution in [0.5, 0.6) is 0 Å². The van der Waals surface area contributed by atoms with Crippen molar-refractivity contribution in [3.8, 4) is 0 Å². The summed E-state index contributed by atoms with van der Waals surface area (Å²) in [6.07, 6.45) is 2.58. The summed E-state index contributed by atoms with van der Waals surface area (Å²) >= 11 is 1.61. The van der Waals surface area contributed by atoms with Gasteiger partial charge in [0, 0.05) is 24.6 Å². The van der Waals surface area contributed by atoms with E-state index in [0.717, 1.165) is 10.7 Å². The van der Waals surface area contributed by atoms with Crippen LogP contribution in [-0.2, 0) is 11.2 Å². The van der Waals surface area contributed by atoms with Crippen LogP contribution in [0, 0.1) is 12.8 Å². The molecule has 1 aliphatic rings. The standard InChI is InChI=1S/C11H17NO2S/c1-7-6-15-10(12-7)5-9(13)11(14-2)8-3-4-8/h6,8-9,11,13H,3-5H2,1-2H3. The maximum atomic E-state index is 10.0. The van der Waals surface area contributed by atoms with Gasteiger partial charge in [0.1, 0.15) is 0 Å². The molecule has 1 N–H and O–H groups in total. The predicted molar refractivity (Wildman–Crippen MR) is 60.1 cm³/mol. The van der Waals surface area contributed by atoms with Crippen LogP contribution < -0.4 is 0 Å². The van der Waals surface area contributed by atoms with Gasteiger partial charge in [0.05, 0.1) is 17.2 Å². The second-order valence-electron chi connectivity index (χ2n) is 4.19. The van der Waals surface area contributed by atoms with Gasteiger partial charge in [-0.05, 0) is 25.7 Å². The highest BCUT2D eigenvalue weighted by molar-refractivity contribution is 7.09. The Kier molecular flexibility index (Phi) is 3.38. The van der Waals surface area contributed by atoms with Crippen molar-refractivity contribution in [3.63, 3.8) is 0 Å². The Balaban J connectivity index is 1.92. The summed E-state index contributed by atoms with van der Waals surface area (Å²) in [4.78, 5) is 4.35. The molecule has 0 aromatic carbocycles. The maximum absolute atomic E-state index is 10.0. The van der Waals surface area contributed by atoms with E-state index in [-0.39, 0.29) is 6.10 Å². The molecule has 1 fully saturated rings. The number of ether oxygens (including phenoxy) is 1. The van der Waals surface area contributed by atoms with Crippen molar-refractivity contribution in [2.24, 2.45) is 5.92 Å². The zero-order chi connectivity index (χ0) is 10.8. The summed E-state index contributed by atoms with van der Waals surface area (Å²) in [6.45, 7) is 1.97. The van der Waals surface area contributed by atoms with E-state index in [9.17, 15) is 5.11 Å². The van der Waals surface area contributed by atoms with Gasteiger partial charge in [-0.3, -0.25) is 0 Å². The molecule has 15 heavy (non-hydrogen) atoms. The van der Waals surface area contributed by atoms with Gasteiger partial charge < -0.3 is 9.84 Å². The van der Waals surface area contributed by atoms with Crippen LogP contribution in [0.15, 0.2) is 5.38 Å². The SMILES string of the molecule is COC(C(O)Cc1nc(C)cs1)C1CC1. The van der Waals surface area contributed by atoms with E-state index >= 15 is 0 Å². The molecule has 1 heterocycles.